The van der Waals surface area contributed by atoms with E-state index in [1.165, 1.54) is 5.01 Å². The van der Waals surface area contributed by atoms with Gasteiger partial charge in [0.05, 0.1) is 6.54 Å². The molecule has 1 saturated heterocycles. The Kier molecular flexibility index (Phi) is 2.76. The molecule has 1 heterocycles. The average molecular weight is 220 g/mol. The summed E-state index contributed by atoms with van der Waals surface area (Å²) in [6.45, 7) is 2.64. The molecule has 5 nitrogen and oxygen atoms in total. The van der Waals surface area contributed by atoms with Crippen LogP contribution in [0.25, 0.3) is 0 Å². The van der Waals surface area contributed by atoms with Crippen LogP contribution in [0.1, 0.15) is 15.9 Å². The van der Waals surface area contributed by atoms with Crippen molar-refractivity contribution >= 4 is 12.0 Å². The smallest absolute Gasteiger partial charge is 0.428 e. The minimum Gasteiger partial charge on any atom is -0.446 e. The Morgan fingerprint density at radius 1 is 1.38 bits per heavy atom. The molecule has 1 fully saturated rings. The molecule has 1 aliphatic heterocycles. The number of amides is 2. The third-order valence-electron chi connectivity index (χ3n) is 2.31. The molecule has 0 aliphatic carbocycles. The van der Waals surface area contributed by atoms with Crippen molar-refractivity contribution in [3.05, 3.63) is 35.4 Å². The second kappa shape index (κ2) is 4.22. The molecule has 16 heavy (non-hydrogen) atoms. The molecular weight excluding hydrogens is 208 g/mol. The maximum absolute atomic E-state index is 11.7. The van der Waals surface area contributed by atoms with Crippen LogP contribution in [-0.4, -0.2) is 30.2 Å². The first kappa shape index (κ1) is 10.5. The predicted octanol–water partition coefficient (Wildman–Crippen LogP) is 1.09. The number of ether oxygens (including phenoxy) is 1. The molecule has 0 bridgehead atoms. The summed E-state index contributed by atoms with van der Waals surface area (Å²) in [5.41, 5.74) is 4.08. The molecule has 0 unspecified atom stereocenters. The van der Waals surface area contributed by atoms with Crippen LogP contribution >= 0.6 is 0 Å². The summed E-state index contributed by atoms with van der Waals surface area (Å²) in [6.07, 6.45) is -0.513. The number of aryl methyl sites for hydroxylation is 1. The van der Waals surface area contributed by atoms with E-state index in [9.17, 15) is 9.59 Å². The minimum absolute atomic E-state index is 0.307. The Morgan fingerprint density at radius 3 is 2.62 bits per heavy atom. The fourth-order valence-electron chi connectivity index (χ4n) is 1.39. The van der Waals surface area contributed by atoms with Crippen LogP contribution in [0.4, 0.5) is 4.79 Å². The summed E-state index contributed by atoms with van der Waals surface area (Å²) in [5, 5.41) is 1.17. The van der Waals surface area contributed by atoms with Gasteiger partial charge in [-0.25, -0.2) is 9.80 Å². The number of hydrogen-bond acceptors (Lipinski definition) is 3. The lowest BCUT2D eigenvalue weighted by atomic mass is 10.1. The van der Waals surface area contributed by atoms with Crippen LogP contribution in [0.2, 0.25) is 0 Å². The summed E-state index contributed by atoms with van der Waals surface area (Å²) < 4.78 is 4.69. The van der Waals surface area contributed by atoms with E-state index in [0.717, 1.165) is 5.56 Å². The first-order chi connectivity index (χ1) is 7.66. The second-order valence-electron chi connectivity index (χ2n) is 3.57. The van der Waals surface area contributed by atoms with Gasteiger partial charge in [0.2, 0.25) is 0 Å². The van der Waals surface area contributed by atoms with Crippen molar-refractivity contribution in [3.63, 3.8) is 0 Å². The van der Waals surface area contributed by atoms with Crippen molar-refractivity contribution < 1.29 is 14.3 Å². The van der Waals surface area contributed by atoms with Gasteiger partial charge in [0.15, 0.2) is 0 Å². The monoisotopic (exact) mass is 220 g/mol. The zero-order chi connectivity index (χ0) is 11.5. The maximum atomic E-state index is 11.7. The van der Waals surface area contributed by atoms with Crippen molar-refractivity contribution in [1.29, 1.82) is 0 Å². The van der Waals surface area contributed by atoms with E-state index in [1.54, 1.807) is 12.1 Å². The van der Waals surface area contributed by atoms with Crippen molar-refractivity contribution in [3.8, 4) is 0 Å². The SMILES string of the molecule is Cc1ccc(C(=O)NN2CCOC2=O)cc1. The summed E-state index contributed by atoms with van der Waals surface area (Å²) in [5.74, 6) is -0.307. The fraction of sp³-hybridized carbons (Fsp3) is 0.273. The Labute approximate surface area is 93.0 Å². The van der Waals surface area contributed by atoms with Gasteiger partial charge >= 0.3 is 6.09 Å². The maximum Gasteiger partial charge on any atom is 0.428 e. The zero-order valence-electron chi connectivity index (χ0n) is 8.90. The van der Waals surface area contributed by atoms with Crippen molar-refractivity contribution in [1.82, 2.24) is 10.4 Å². The molecule has 1 aliphatic rings. The molecule has 0 radical (unpaired) electrons. The molecule has 2 rings (SSSR count). The molecule has 2 amide bonds. The van der Waals surface area contributed by atoms with Gasteiger partial charge in [0, 0.05) is 5.56 Å². The molecule has 0 spiro atoms. The standard InChI is InChI=1S/C11H12N2O3/c1-8-2-4-9(5-3-8)10(14)12-13-6-7-16-11(13)15/h2-5H,6-7H2,1H3,(H,12,14). The summed E-state index contributed by atoms with van der Waals surface area (Å²) in [4.78, 5) is 22.8. The van der Waals surface area contributed by atoms with E-state index in [2.05, 4.69) is 5.43 Å². The summed E-state index contributed by atoms with van der Waals surface area (Å²) >= 11 is 0. The highest BCUT2D eigenvalue weighted by Gasteiger charge is 2.23. The van der Waals surface area contributed by atoms with E-state index < -0.39 is 6.09 Å². The number of cyclic esters (lactones) is 1. The fourth-order valence-corrected chi connectivity index (χ4v) is 1.39. The molecule has 1 aromatic carbocycles. The quantitative estimate of drug-likeness (QED) is 0.811. The Hall–Kier alpha value is -2.04. The van der Waals surface area contributed by atoms with Crippen LogP contribution in [0.5, 0.6) is 0 Å². The molecule has 1 aromatic rings. The van der Waals surface area contributed by atoms with Gasteiger partial charge in [-0.2, -0.15) is 0 Å². The van der Waals surface area contributed by atoms with E-state index in [-0.39, 0.29) is 5.91 Å². The van der Waals surface area contributed by atoms with Crippen LogP contribution in [0.3, 0.4) is 0 Å². The summed E-state index contributed by atoms with van der Waals surface area (Å²) in [6, 6.07) is 7.12. The molecule has 1 N–H and O–H groups in total. The Bertz CT molecular complexity index is 414. The van der Waals surface area contributed by atoms with E-state index in [0.29, 0.717) is 18.7 Å². The normalized spacial score (nSPS) is 14.8. The van der Waals surface area contributed by atoms with E-state index in [4.69, 9.17) is 4.74 Å². The third-order valence-corrected chi connectivity index (χ3v) is 2.31. The number of hydrogen-bond donors (Lipinski definition) is 1. The van der Waals surface area contributed by atoms with E-state index in [1.807, 2.05) is 19.1 Å². The highest BCUT2D eigenvalue weighted by Crippen LogP contribution is 2.05. The largest absolute Gasteiger partial charge is 0.446 e. The van der Waals surface area contributed by atoms with Crippen molar-refractivity contribution in [2.24, 2.45) is 0 Å². The van der Waals surface area contributed by atoms with Gasteiger partial charge in [0.1, 0.15) is 6.61 Å². The van der Waals surface area contributed by atoms with Crippen LogP contribution in [-0.2, 0) is 4.74 Å². The first-order valence-electron chi connectivity index (χ1n) is 4.99. The third kappa shape index (κ3) is 2.13. The molecule has 5 heteroatoms. The second-order valence-corrected chi connectivity index (χ2v) is 3.57. The van der Waals surface area contributed by atoms with Gasteiger partial charge in [0.25, 0.3) is 5.91 Å². The van der Waals surface area contributed by atoms with Crippen LogP contribution in [0, 0.1) is 6.92 Å². The average Bonchev–Trinajstić information content (AvgIpc) is 2.65. The molecule has 0 atom stereocenters. The van der Waals surface area contributed by atoms with Crippen LogP contribution in [0.15, 0.2) is 24.3 Å². The number of nitrogens with one attached hydrogen (secondary N) is 1. The van der Waals surface area contributed by atoms with Gasteiger partial charge in [-0.05, 0) is 19.1 Å². The van der Waals surface area contributed by atoms with Crippen molar-refractivity contribution in [2.45, 2.75) is 6.92 Å². The van der Waals surface area contributed by atoms with E-state index >= 15 is 0 Å². The number of rotatable bonds is 2. The Balaban J connectivity index is 2.02. The topological polar surface area (TPSA) is 58.6 Å². The molecular formula is C11H12N2O3. The molecule has 0 aromatic heterocycles. The lowest BCUT2D eigenvalue weighted by Gasteiger charge is -2.13. The molecule has 84 valence electrons. The van der Waals surface area contributed by atoms with Gasteiger partial charge in [-0.3, -0.25) is 10.2 Å². The number of nitrogens with zero attached hydrogens (tertiary/aromatic N) is 1. The Morgan fingerprint density at radius 2 is 2.06 bits per heavy atom. The van der Waals surface area contributed by atoms with Gasteiger partial charge in [-0.15, -0.1) is 0 Å². The highest BCUT2D eigenvalue weighted by atomic mass is 16.6. The highest BCUT2D eigenvalue weighted by molar-refractivity contribution is 5.95. The number of carbonyl (C=O) groups is 2. The molecule has 0 saturated carbocycles. The predicted molar refractivity (Wildman–Crippen MR) is 56.7 cm³/mol. The number of carbonyl (C=O) groups excluding carboxylic acids is 2. The van der Waals surface area contributed by atoms with Gasteiger partial charge < -0.3 is 4.74 Å². The number of hydrazine groups is 1. The van der Waals surface area contributed by atoms with Crippen molar-refractivity contribution in [2.75, 3.05) is 13.2 Å². The lowest BCUT2D eigenvalue weighted by molar-refractivity contribution is 0.0831. The lowest BCUT2D eigenvalue weighted by Crippen LogP contribution is -2.42. The summed E-state index contributed by atoms with van der Waals surface area (Å²) in [7, 11) is 0. The number of benzene rings is 1. The van der Waals surface area contributed by atoms with Gasteiger partial charge in [-0.1, -0.05) is 17.7 Å². The minimum atomic E-state index is -0.513. The first-order valence-corrected chi connectivity index (χ1v) is 4.99. The van der Waals surface area contributed by atoms with Crippen LogP contribution < -0.4 is 5.43 Å². The zero-order valence-corrected chi connectivity index (χ0v) is 8.90.